The number of hydrogen-bond donors (Lipinski definition) is 1. The molecular formula is C13H15NOS. The highest BCUT2D eigenvalue weighted by Gasteiger charge is 2.28. The molecule has 0 saturated heterocycles. The first-order chi connectivity index (χ1) is 7.55. The lowest BCUT2D eigenvalue weighted by Gasteiger charge is -2.28. The summed E-state index contributed by atoms with van der Waals surface area (Å²) in [6, 6.07) is 9.94. The maximum atomic E-state index is 11.5. The normalized spacial score (nSPS) is 19.1. The zero-order valence-electron chi connectivity index (χ0n) is 9.49. The molecule has 0 fully saturated rings. The van der Waals surface area contributed by atoms with Crippen LogP contribution in [0.15, 0.2) is 42.1 Å². The standard InChI is InChI=1S/C13H15NOS/c1-13(2)9-11(8-12(15)16-13)14-10-6-4-3-5-7-10/h3-8,14H,9H2,1-2H3. The Kier molecular flexibility index (Phi) is 3.06. The third-order valence-electron chi connectivity index (χ3n) is 2.36. The van der Waals surface area contributed by atoms with Crippen LogP contribution >= 0.6 is 11.8 Å². The van der Waals surface area contributed by atoms with E-state index in [9.17, 15) is 4.79 Å². The molecule has 1 heterocycles. The average Bonchev–Trinajstić information content (AvgIpc) is 2.15. The SMILES string of the molecule is CC1(C)CC(Nc2ccccc2)=CC(=O)S1. The van der Waals surface area contributed by atoms with Crippen molar-refractivity contribution in [2.45, 2.75) is 25.0 Å². The molecule has 1 aliphatic rings. The minimum Gasteiger partial charge on any atom is -0.359 e. The summed E-state index contributed by atoms with van der Waals surface area (Å²) in [6.07, 6.45) is 2.58. The van der Waals surface area contributed by atoms with Gasteiger partial charge in [-0.25, -0.2) is 0 Å². The molecule has 0 bridgehead atoms. The number of anilines is 1. The molecule has 3 heteroatoms. The molecule has 2 nitrogen and oxygen atoms in total. The lowest BCUT2D eigenvalue weighted by Crippen LogP contribution is -2.24. The van der Waals surface area contributed by atoms with Gasteiger partial charge in [0.1, 0.15) is 0 Å². The Bertz CT molecular complexity index is 423. The van der Waals surface area contributed by atoms with Gasteiger partial charge in [0, 0.05) is 28.6 Å². The molecule has 16 heavy (non-hydrogen) atoms. The van der Waals surface area contributed by atoms with Crippen LogP contribution in [0.1, 0.15) is 20.3 Å². The van der Waals surface area contributed by atoms with Crippen molar-refractivity contribution < 1.29 is 4.79 Å². The second kappa shape index (κ2) is 4.34. The van der Waals surface area contributed by atoms with Gasteiger partial charge in [-0.3, -0.25) is 4.79 Å². The molecule has 84 valence electrons. The van der Waals surface area contributed by atoms with Crippen LogP contribution in [0.2, 0.25) is 0 Å². The van der Waals surface area contributed by atoms with E-state index < -0.39 is 0 Å². The van der Waals surface area contributed by atoms with E-state index in [1.807, 2.05) is 30.3 Å². The lowest BCUT2D eigenvalue weighted by molar-refractivity contribution is -0.107. The summed E-state index contributed by atoms with van der Waals surface area (Å²) >= 11 is 1.40. The van der Waals surface area contributed by atoms with Crippen molar-refractivity contribution in [3.05, 3.63) is 42.1 Å². The van der Waals surface area contributed by atoms with E-state index >= 15 is 0 Å². The fourth-order valence-corrected chi connectivity index (χ4v) is 2.75. The van der Waals surface area contributed by atoms with Crippen molar-refractivity contribution in [2.75, 3.05) is 5.32 Å². The molecule has 0 radical (unpaired) electrons. The number of carbonyl (C=O) groups is 1. The molecule has 1 N–H and O–H groups in total. The number of hydrogen-bond acceptors (Lipinski definition) is 3. The van der Waals surface area contributed by atoms with E-state index in [1.54, 1.807) is 6.08 Å². The molecule has 0 saturated carbocycles. The number of allylic oxidation sites excluding steroid dienone is 1. The van der Waals surface area contributed by atoms with Gasteiger partial charge >= 0.3 is 0 Å². The van der Waals surface area contributed by atoms with Crippen molar-refractivity contribution in [3.63, 3.8) is 0 Å². The van der Waals surface area contributed by atoms with Crippen molar-refractivity contribution in [2.24, 2.45) is 0 Å². The van der Waals surface area contributed by atoms with Crippen LogP contribution < -0.4 is 5.32 Å². The number of benzene rings is 1. The van der Waals surface area contributed by atoms with Gasteiger partial charge in [0.05, 0.1) is 0 Å². The van der Waals surface area contributed by atoms with Crippen molar-refractivity contribution in [1.29, 1.82) is 0 Å². The Morgan fingerprint density at radius 2 is 1.94 bits per heavy atom. The van der Waals surface area contributed by atoms with Gasteiger partial charge in [-0.05, 0) is 26.0 Å². The van der Waals surface area contributed by atoms with Crippen LogP contribution in [0.4, 0.5) is 5.69 Å². The van der Waals surface area contributed by atoms with Gasteiger partial charge in [-0.1, -0.05) is 30.0 Å². The summed E-state index contributed by atoms with van der Waals surface area (Å²) in [5.41, 5.74) is 2.03. The van der Waals surface area contributed by atoms with Crippen LogP contribution in [0.5, 0.6) is 0 Å². The maximum Gasteiger partial charge on any atom is 0.214 e. The Morgan fingerprint density at radius 1 is 1.25 bits per heavy atom. The third kappa shape index (κ3) is 2.89. The zero-order chi connectivity index (χ0) is 11.6. The van der Waals surface area contributed by atoms with E-state index in [4.69, 9.17) is 0 Å². The fraction of sp³-hybridized carbons (Fsp3) is 0.308. The molecule has 0 atom stereocenters. The third-order valence-corrected chi connectivity index (χ3v) is 3.38. The summed E-state index contributed by atoms with van der Waals surface area (Å²) in [5.74, 6) is 0. The van der Waals surface area contributed by atoms with Gasteiger partial charge in [0.2, 0.25) is 5.12 Å². The summed E-state index contributed by atoms with van der Waals surface area (Å²) in [7, 11) is 0. The Balaban J connectivity index is 2.14. The summed E-state index contributed by atoms with van der Waals surface area (Å²) < 4.78 is -0.0110. The summed E-state index contributed by atoms with van der Waals surface area (Å²) in [6.45, 7) is 4.18. The van der Waals surface area contributed by atoms with Gasteiger partial charge < -0.3 is 5.32 Å². The molecule has 1 aliphatic heterocycles. The highest BCUT2D eigenvalue weighted by Crippen LogP contribution is 2.36. The molecule has 1 aromatic rings. The zero-order valence-corrected chi connectivity index (χ0v) is 10.3. The second-order valence-electron chi connectivity index (χ2n) is 4.52. The molecule has 0 aliphatic carbocycles. The number of thioether (sulfide) groups is 1. The summed E-state index contributed by atoms with van der Waals surface area (Å²) in [4.78, 5) is 11.5. The van der Waals surface area contributed by atoms with E-state index in [1.165, 1.54) is 11.8 Å². The second-order valence-corrected chi connectivity index (χ2v) is 6.23. The van der Waals surface area contributed by atoms with Crippen molar-refractivity contribution in [1.82, 2.24) is 0 Å². The van der Waals surface area contributed by atoms with Crippen LogP contribution in [-0.4, -0.2) is 9.86 Å². The van der Waals surface area contributed by atoms with Crippen molar-refractivity contribution in [3.8, 4) is 0 Å². The van der Waals surface area contributed by atoms with Crippen LogP contribution in [0, 0.1) is 0 Å². The first kappa shape index (κ1) is 11.3. The van der Waals surface area contributed by atoms with Gasteiger partial charge in [0.15, 0.2) is 0 Å². The molecule has 2 rings (SSSR count). The smallest absolute Gasteiger partial charge is 0.214 e. The number of para-hydroxylation sites is 1. The molecular weight excluding hydrogens is 218 g/mol. The quantitative estimate of drug-likeness (QED) is 0.848. The minimum absolute atomic E-state index is 0.0110. The number of rotatable bonds is 2. The first-order valence-corrected chi connectivity index (χ1v) is 6.12. The summed E-state index contributed by atoms with van der Waals surface area (Å²) in [5, 5.41) is 3.43. The molecule has 0 unspecified atom stereocenters. The molecule has 0 amide bonds. The van der Waals surface area contributed by atoms with E-state index in [0.29, 0.717) is 0 Å². The van der Waals surface area contributed by atoms with Crippen LogP contribution in [-0.2, 0) is 4.79 Å². The highest BCUT2D eigenvalue weighted by molar-refractivity contribution is 8.15. The van der Waals surface area contributed by atoms with E-state index in [2.05, 4.69) is 19.2 Å². The molecule has 0 spiro atoms. The largest absolute Gasteiger partial charge is 0.359 e. The predicted octanol–water partition coefficient (Wildman–Crippen LogP) is 3.42. The Labute approximate surface area is 100 Å². The fourth-order valence-electron chi connectivity index (χ4n) is 1.78. The molecule has 1 aromatic carbocycles. The van der Waals surface area contributed by atoms with Crippen LogP contribution in [0.3, 0.4) is 0 Å². The van der Waals surface area contributed by atoms with Crippen LogP contribution in [0.25, 0.3) is 0 Å². The Hall–Kier alpha value is -1.22. The lowest BCUT2D eigenvalue weighted by atomic mass is 10.1. The number of nitrogens with one attached hydrogen (secondary N) is 1. The van der Waals surface area contributed by atoms with Gasteiger partial charge in [0.25, 0.3) is 0 Å². The van der Waals surface area contributed by atoms with Crippen molar-refractivity contribution >= 4 is 22.6 Å². The maximum absolute atomic E-state index is 11.5. The minimum atomic E-state index is -0.0110. The van der Waals surface area contributed by atoms with E-state index in [0.717, 1.165) is 17.8 Å². The molecule has 0 aromatic heterocycles. The predicted molar refractivity (Wildman–Crippen MR) is 69.4 cm³/mol. The topological polar surface area (TPSA) is 29.1 Å². The highest BCUT2D eigenvalue weighted by atomic mass is 32.2. The monoisotopic (exact) mass is 233 g/mol. The Morgan fingerprint density at radius 3 is 2.56 bits per heavy atom. The van der Waals surface area contributed by atoms with Gasteiger partial charge in [-0.15, -0.1) is 0 Å². The van der Waals surface area contributed by atoms with Gasteiger partial charge in [-0.2, -0.15) is 0 Å². The van der Waals surface area contributed by atoms with E-state index in [-0.39, 0.29) is 9.86 Å². The number of carbonyl (C=O) groups excluding carboxylic acids is 1. The first-order valence-electron chi connectivity index (χ1n) is 5.31. The average molecular weight is 233 g/mol.